The number of carbonyl (C=O) groups is 1. The SMILES string of the molecule is COc1ccccc1OC(C)c1nnc(SCC(=O)Nc2ccc(Cl)cc2C(F)(F)F)n1C. The third-order valence-corrected chi connectivity index (χ3v) is 5.75. The van der Waals surface area contributed by atoms with Crippen LogP contribution < -0.4 is 14.8 Å². The van der Waals surface area contributed by atoms with E-state index in [-0.39, 0.29) is 16.5 Å². The molecule has 0 spiro atoms. The lowest BCUT2D eigenvalue weighted by Crippen LogP contribution is -2.18. The fraction of sp³-hybridized carbons (Fsp3) is 0.286. The number of nitrogens with zero attached hydrogens (tertiary/aromatic N) is 3. The molecule has 2 aromatic carbocycles. The fourth-order valence-electron chi connectivity index (χ4n) is 2.94. The first-order valence-electron chi connectivity index (χ1n) is 9.58. The summed E-state index contributed by atoms with van der Waals surface area (Å²) >= 11 is 6.69. The molecular weight excluding hydrogens is 481 g/mol. The van der Waals surface area contributed by atoms with Crippen LogP contribution in [0.3, 0.4) is 0 Å². The second-order valence-electron chi connectivity index (χ2n) is 6.84. The average Bonchev–Trinajstić information content (AvgIpc) is 3.13. The normalized spacial score (nSPS) is 12.3. The van der Waals surface area contributed by atoms with Crippen molar-refractivity contribution < 1.29 is 27.4 Å². The molecule has 0 radical (unpaired) electrons. The highest BCUT2D eigenvalue weighted by Crippen LogP contribution is 2.36. The van der Waals surface area contributed by atoms with Gasteiger partial charge < -0.3 is 19.4 Å². The Morgan fingerprint density at radius 1 is 1.21 bits per heavy atom. The van der Waals surface area contributed by atoms with E-state index in [1.54, 1.807) is 30.7 Å². The number of hydrogen-bond acceptors (Lipinski definition) is 6. The zero-order valence-corrected chi connectivity index (χ0v) is 19.4. The minimum absolute atomic E-state index is 0.0780. The molecule has 1 amide bonds. The molecule has 1 heterocycles. The lowest BCUT2D eigenvalue weighted by atomic mass is 10.1. The van der Waals surface area contributed by atoms with Gasteiger partial charge in [0.2, 0.25) is 5.91 Å². The van der Waals surface area contributed by atoms with Crippen LogP contribution in [0.4, 0.5) is 18.9 Å². The van der Waals surface area contributed by atoms with Gasteiger partial charge in [-0.3, -0.25) is 4.79 Å². The van der Waals surface area contributed by atoms with Crippen LogP contribution in [0.1, 0.15) is 24.4 Å². The number of ether oxygens (including phenoxy) is 2. The van der Waals surface area contributed by atoms with Gasteiger partial charge in [-0.1, -0.05) is 35.5 Å². The molecule has 7 nitrogen and oxygen atoms in total. The lowest BCUT2D eigenvalue weighted by Gasteiger charge is -2.16. The third kappa shape index (κ3) is 6.11. The van der Waals surface area contributed by atoms with Gasteiger partial charge >= 0.3 is 6.18 Å². The summed E-state index contributed by atoms with van der Waals surface area (Å²) in [6, 6.07) is 10.3. The smallest absolute Gasteiger partial charge is 0.418 e. The summed E-state index contributed by atoms with van der Waals surface area (Å²) in [5, 5.41) is 10.8. The van der Waals surface area contributed by atoms with Crippen LogP contribution in [0.25, 0.3) is 0 Å². The van der Waals surface area contributed by atoms with Crippen LogP contribution >= 0.6 is 23.4 Å². The highest BCUT2D eigenvalue weighted by Gasteiger charge is 2.34. The van der Waals surface area contributed by atoms with Crippen molar-refractivity contribution in [2.75, 3.05) is 18.2 Å². The largest absolute Gasteiger partial charge is 0.493 e. The van der Waals surface area contributed by atoms with E-state index in [0.29, 0.717) is 22.5 Å². The maximum atomic E-state index is 13.2. The molecule has 12 heteroatoms. The number of rotatable bonds is 8. The standard InChI is InChI=1S/C21H20ClF3N4O3S/c1-12(32-17-7-5-4-6-16(17)31-3)19-27-28-20(29(19)2)33-11-18(30)26-15-9-8-13(22)10-14(15)21(23,24)25/h4-10,12H,11H2,1-3H3,(H,26,30). The first kappa shape index (κ1) is 24.7. The summed E-state index contributed by atoms with van der Waals surface area (Å²) in [4.78, 5) is 12.3. The molecule has 0 saturated carbocycles. The van der Waals surface area contributed by atoms with Gasteiger partial charge in [-0.15, -0.1) is 10.2 Å². The number of nitrogens with one attached hydrogen (secondary N) is 1. The molecule has 1 atom stereocenters. The van der Waals surface area contributed by atoms with Crippen LogP contribution in [0.5, 0.6) is 11.5 Å². The van der Waals surface area contributed by atoms with Gasteiger partial charge in [0, 0.05) is 12.1 Å². The van der Waals surface area contributed by atoms with Crippen LogP contribution in [0.2, 0.25) is 5.02 Å². The molecule has 33 heavy (non-hydrogen) atoms. The van der Waals surface area contributed by atoms with Gasteiger partial charge in [0.05, 0.1) is 24.1 Å². The highest BCUT2D eigenvalue weighted by molar-refractivity contribution is 7.99. The van der Waals surface area contributed by atoms with Crippen molar-refractivity contribution in [3.8, 4) is 11.5 Å². The summed E-state index contributed by atoms with van der Waals surface area (Å²) in [6.45, 7) is 1.79. The maximum absolute atomic E-state index is 13.2. The molecule has 1 aromatic heterocycles. The number of halogens is 4. The second kappa shape index (κ2) is 10.3. The average molecular weight is 501 g/mol. The van der Waals surface area contributed by atoms with Gasteiger partial charge in [-0.2, -0.15) is 13.2 Å². The van der Waals surface area contributed by atoms with Crippen molar-refractivity contribution in [1.82, 2.24) is 14.8 Å². The van der Waals surface area contributed by atoms with Crippen molar-refractivity contribution in [2.45, 2.75) is 24.4 Å². The number of amides is 1. The summed E-state index contributed by atoms with van der Waals surface area (Å²) in [5.41, 5.74) is -1.38. The number of para-hydroxylation sites is 2. The Bertz CT molecular complexity index is 1140. The predicted octanol–water partition coefficient (Wildman–Crippen LogP) is 5.37. The number of carbonyl (C=O) groups excluding carboxylic acids is 1. The Morgan fingerprint density at radius 2 is 1.91 bits per heavy atom. The van der Waals surface area contributed by atoms with E-state index >= 15 is 0 Å². The number of thioether (sulfide) groups is 1. The van der Waals surface area contributed by atoms with Crippen molar-refractivity contribution in [3.05, 3.63) is 58.9 Å². The second-order valence-corrected chi connectivity index (χ2v) is 8.21. The number of hydrogen-bond donors (Lipinski definition) is 1. The van der Waals surface area contributed by atoms with Crippen LogP contribution in [0, 0.1) is 0 Å². The third-order valence-electron chi connectivity index (χ3n) is 4.50. The number of anilines is 1. The molecule has 0 saturated heterocycles. The molecule has 0 aliphatic rings. The minimum Gasteiger partial charge on any atom is -0.493 e. The van der Waals surface area contributed by atoms with Crippen LogP contribution in [0.15, 0.2) is 47.6 Å². The van der Waals surface area contributed by atoms with E-state index in [1.165, 1.54) is 13.2 Å². The monoisotopic (exact) mass is 500 g/mol. The van der Waals surface area contributed by atoms with Gasteiger partial charge in [-0.25, -0.2) is 0 Å². The van der Waals surface area contributed by atoms with E-state index in [4.69, 9.17) is 21.1 Å². The predicted molar refractivity (Wildman–Crippen MR) is 119 cm³/mol. The molecule has 0 aliphatic carbocycles. The first-order chi connectivity index (χ1) is 15.6. The van der Waals surface area contributed by atoms with Gasteiger partial charge in [0.25, 0.3) is 0 Å². The van der Waals surface area contributed by atoms with E-state index < -0.39 is 23.8 Å². The quantitative estimate of drug-likeness (QED) is 0.419. The fourth-order valence-corrected chi connectivity index (χ4v) is 3.83. The molecule has 3 rings (SSSR count). The Labute approximate surface area is 197 Å². The topological polar surface area (TPSA) is 78.3 Å². The zero-order chi connectivity index (χ0) is 24.2. The summed E-state index contributed by atoms with van der Waals surface area (Å²) in [5.74, 6) is 0.801. The Kier molecular flexibility index (Phi) is 7.75. The van der Waals surface area contributed by atoms with E-state index in [2.05, 4.69) is 15.5 Å². The highest BCUT2D eigenvalue weighted by atomic mass is 35.5. The molecular formula is C21H20ClF3N4O3S. The van der Waals surface area contributed by atoms with Crippen molar-refractivity contribution in [1.29, 1.82) is 0 Å². The summed E-state index contributed by atoms with van der Waals surface area (Å²) in [7, 11) is 3.25. The van der Waals surface area contributed by atoms with E-state index in [1.807, 2.05) is 12.1 Å². The van der Waals surface area contributed by atoms with Gasteiger partial charge in [-0.05, 0) is 37.3 Å². The van der Waals surface area contributed by atoms with Gasteiger partial charge in [0.1, 0.15) is 0 Å². The van der Waals surface area contributed by atoms with Crippen molar-refractivity contribution in [2.24, 2.45) is 7.05 Å². The Hall–Kier alpha value is -2.92. The Morgan fingerprint density at radius 3 is 2.58 bits per heavy atom. The lowest BCUT2D eigenvalue weighted by molar-refractivity contribution is -0.137. The van der Waals surface area contributed by atoms with E-state index in [0.717, 1.165) is 23.9 Å². The molecule has 1 N–H and O–H groups in total. The Balaban J connectivity index is 1.65. The molecule has 3 aromatic rings. The number of methoxy groups -OCH3 is 1. The summed E-state index contributed by atoms with van der Waals surface area (Å²) in [6.07, 6.45) is -5.14. The van der Waals surface area contributed by atoms with Crippen LogP contribution in [-0.4, -0.2) is 33.5 Å². The number of benzene rings is 2. The number of aromatic nitrogens is 3. The maximum Gasteiger partial charge on any atom is 0.418 e. The molecule has 0 aliphatic heterocycles. The van der Waals surface area contributed by atoms with Crippen LogP contribution in [-0.2, 0) is 18.0 Å². The molecule has 0 bridgehead atoms. The molecule has 0 fully saturated rings. The first-order valence-corrected chi connectivity index (χ1v) is 10.9. The summed E-state index contributed by atoms with van der Waals surface area (Å²) < 4.78 is 52.5. The molecule has 176 valence electrons. The van der Waals surface area contributed by atoms with Gasteiger partial charge in [0.15, 0.2) is 28.6 Å². The van der Waals surface area contributed by atoms with Crippen molar-refractivity contribution >= 4 is 35.0 Å². The minimum atomic E-state index is -4.66. The van der Waals surface area contributed by atoms with E-state index in [9.17, 15) is 18.0 Å². The number of alkyl halides is 3. The molecule has 1 unspecified atom stereocenters. The van der Waals surface area contributed by atoms with Crippen molar-refractivity contribution in [3.63, 3.8) is 0 Å². The zero-order valence-electron chi connectivity index (χ0n) is 17.8.